The SMILES string of the molecule is [Al+3].[Al+3].[CH2-]C.[CH2-]C.[CH2-]C.[CH2-]C.[CH2-]C.[CH2-]C.[F-].[K+]. The molecule has 0 aromatic heterocycles. The summed E-state index contributed by atoms with van der Waals surface area (Å²) in [5.74, 6) is 0. The van der Waals surface area contributed by atoms with Gasteiger partial charge in [-0.05, 0) is 0 Å². The van der Waals surface area contributed by atoms with E-state index in [-0.39, 0.29) is 90.8 Å². The molecule has 0 heterocycles. The van der Waals surface area contributed by atoms with Gasteiger partial charge in [-0.1, -0.05) is 0 Å². The van der Waals surface area contributed by atoms with E-state index in [1.165, 1.54) is 0 Å². The Labute approximate surface area is 171 Å². The van der Waals surface area contributed by atoms with Gasteiger partial charge in [-0.15, -0.1) is 0 Å². The van der Waals surface area contributed by atoms with Crippen LogP contribution in [0.2, 0.25) is 0 Å². The molecule has 16 heavy (non-hydrogen) atoms. The normalized spacial score (nSPS) is 2.25. The molecule has 0 nitrogen and oxygen atoms in total. The number of rotatable bonds is 0. The number of hydrogen-bond acceptors (Lipinski definition) is 0. The number of halogens is 1. The van der Waals surface area contributed by atoms with E-state index in [1.54, 1.807) is 41.5 Å². The van der Waals surface area contributed by atoms with Crippen molar-refractivity contribution in [3.05, 3.63) is 41.5 Å². The molecule has 0 rings (SSSR count). The third-order valence-corrected chi connectivity index (χ3v) is 0. The van der Waals surface area contributed by atoms with Gasteiger partial charge in [0.2, 0.25) is 0 Å². The summed E-state index contributed by atoms with van der Waals surface area (Å²) in [7, 11) is 0. The van der Waals surface area contributed by atoms with Crippen LogP contribution in [0.4, 0.5) is 0 Å². The van der Waals surface area contributed by atoms with Crippen LogP contribution in [0.25, 0.3) is 0 Å². The van der Waals surface area contributed by atoms with Gasteiger partial charge in [0, 0.05) is 0 Å². The van der Waals surface area contributed by atoms with Gasteiger partial charge in [0.25, 0.3) is 0 Å². The van der Waals surface area contributed by atoms with Crippen LogP contribution in [0.15, 0.2) is 0 Å². The Kier molecular flexibility index (Phi) is 3420. The third kappa shape index (κ3) is 587. The molecular weight excluding hydrogens is 256 g/mol. The van der Waals surface area contributed by atoms with Crippen molar-refractivity contribution in [2.45, 2.75) is 41.5 Å². The van der Waals surface area contributed by atoms with Crippen molar-refractivity contribution in [1.82, 2.24) is 0 Å². The van der Waals surface area contributed by atoms with Crippen LogP contribution in [-0.2, 0) is 0 Å². The van der Waals surface area contributed by atoms with E-state index >= 15 is 0 Å². The third-order valence-electron chi connectivity index (χ3n) is 0. The van der Waals surface area contributed by atoms with Crippen molar-refractivity contribution in [2.75, 3.05) is 0 Å². The summed E-state index contributed by atoms with van der Waals surface area (Å²) in [6, 6.07) is 0. The van der Waals surface area contributed by atoms with Gasteiger partial charge in [-0.25, -0.2) is 0 Å². The largest absolute Gasteiger partial charge is 3.00 e. The molecule has 0 fully saturated rings. The molecule has 0 saturated heterocycles. The molecule has 0 aromatic rings. The molecule has 92 valence electrons. The van der Waals surface area contributed by atoms with Crippen LogP contribution in [-0.4, -0.2) is 34.7 Å². The smallest absolute Gasteiger partial charge is 1.00 e. The molecule has 0 aliphatic rings. The summed E-state index contributed by atoms with van der Waals surface area (Å²) in [5, 5.41) is 0. The summed E-state index contributed by atoms with van der Waals surface area (Å²) in [4.78, 5) is 0. The maximum atomic E-state index is 3.25. The summed E-state index contributed by atoms with van der Waals surface area (Å²) >= 11 is 0. The van der Waals surface area contributed by atoms with E-state index in [2.05, 4.69) is 41.5 Å². The van der Waals surface area contributed by atoms with Crippen LogP contribution in [0.5, 0.6) is 0 Å². The molecule has 0 aliphatic carbocycles. The monoisotopic (exact) mass is 286 g/mol. The van der Waals surface area contributed by atoms with Gasteiger partial charge in [-0.3, -0.25) is 0 Å². The van der Waals surface area contributed by atoms with Gasteiger partial charge in [-0.2, -0.15) is 41.5 Å². The molecule has 0 unspecified atom stereocenters. The first-order chi connectivity index (χ1) is 6.00. The zero-order valence-electron chi connectivity index (χ0n) is 12.8. The van der Waals surface area contributed by atoms with Gasteiger partial charge < -0.3 is 46.2 Å². The topological polar surface area (TPSA) is 0 Å². The summed E-state index contributed by atoms with van der Waals surface area (Å²) in [6.07, 6.45) is 0. The fourth-order valence-corrected chi connectivity index (χ4v) is 0. The molecule has 0 aliphatic heterocycles. The molecule has 0 aromatic carbocycles. The van der Waals surface area contributed by atoms with Gasteiger partial charge in [0.15, 0.2) is 0 Å². The van der Waals surface area contributed by atoms with E-state index in [9.17, 15) is 0 Å². The van der Waals surface area contributed by atoms with Crippen LogP contribution in [0.3, 0.4) is 0 Å². The second-order valence-electron chi connectivity index (χ2n) is 0. The van der Waals surface area contributed by atoms with Gasteiger partial charge in [0.05, 0.1) is 0 Å². The molecule has 0 amide bonds. The van der Waals surface area contributed by atoms with E-state index in [0.29, 0.717) is 0 Å². The van der Waals surface area contributed by atoms with Crippen molar-refractivity contribution in [3.8, 4) is 0 Å². The first-order valence-electron chi connectivity index (χ1n) is 4.24. The minimum Gasteiger partial charge on any atom is -1.00 e. The zero-order chi connectivity index (χ0) is 12.0. The first kappa shape index (κ1) is 77.7. The Morgan fingerprint density at radius 3 is 0.375 bits per heavy atom. The van der Waals surface area contributed by atoms with Crippen LogP contribution in [0.1, 0.15) is 41.5 Å². The summed E-state index contributed by atoms with van der Waals surface area (Å²) in [5.41, 5.74) is 0. The van der Waals surface area contributed by atoms with E-state index in [4.69, 9.17) is 0 Å². The quantitative estimate of drug-likeness (QED) is 0.367. The van der Waals surface area contributed by atoms with Crippen molar-refractivity contribution in [2.24, 2.45) is 0 Å². The minimum atomic E-state index is 0. The Bertz CT molecular complexity index is 19.0. The molecule has 0 N–H and O–H groups in total. The van der Waals surface area contributed by atoms with Gasteiger partial charge in [0.1, 0.15) is 0 Å². The Morgan fingerprint density at radius 1 is 0.375 bits per heavy atom. The molecule has 0 saturated carbocycles. The Balaban J connectivity index is -0.00000000321. The second-order valence-corrected chi connectivity index (χ2v) is 0. The standard InChI is InChI=1S/6C2H5.2Al.FH.K/c6*1-2;;;;/h6*1H2,2H3;;;1H;/q6*-1;2*+3;;+1/p-1. The predicted octanol–water partition coefficient (Wildman–Crippen LogP) is -1.71. The fraction of sp³-hybridized carbons (Fsp3) is 0.500. The van der Waals surface area contributed by atoms with E-state index < -0.39 is 0 Å². The average molecular weight is 286 g/mol. The molecule has 0 radical (unpaired) electrons. The van der Waals surface area contributed by atoms with Crippen LogP contribution >= 0.6 is 0 Å². The number of hydrogen-bond donors (Lipinski definition) is 0. The molecule has 0 bridgehead atoms. The second kappa shape index (κ2) is 704. The summed E-state index contributed by atoms with van der Waals surface area (Å²) in [6.45, 7) is 30.0. The van der Waals surface area contributed by atoms with Crippen molar-refractivity contribution in [3.63, 3.8) is 0 Å². The van der Waals surface area contributed by atoms with E-state index in [1.807, 2.05) is 0 Å². The van der Waals surface area contributed by atoms with E-state index in [0.717, 1.165) is 0 Å². The Hall–Kier alpha value is 2.63. The first-order valence-corrected chi connectivity index (χ1v) is 4.24. The molecule has 0 atom stereocenters. The molecule has 0 spiro atoms. The van der Waals surface area contributed by atoms with Crippen LogP contribution < -0.4 is 56.1 Å². The minimum absolute atomic E-state index is 0. The average Bonchev–Trinajstić information content (AvgIpc) is 2.33. The van der Waals surface area contributed by atoms with Gasteiger partial charge >= 0.3 is 86.1 Å². The van der Waals surface area contributed by atoms with Crippen LogP contribution in [0, 0.1) is 41.5 Å². The summed E-state index contributed by atoms with van der Waals surface area (Å²) < 4.78 is 0. The molecular formula is C12H30Al2FK. The van der Waals surface area contributed by atoms with Crippen molar-refractivity contribution < 1.29 is 56.1 Å². The Morgan fingerprint density at radius 2 is 0.375 bits per heavy atom. The fourth-order valence-electron chi connectivity index (χ4n) is 0. The predicted molar refractivity (Wildman–Crippen MR) is 77.7 cm³/mol. The van der Waals surface area contributed by atoms with Crippen molar-refractivity contribution >= 4 is 34.7 Å². The maximum Gasteiger partial charge on any atom is 3.00 e. The zero-order valence-corrected chi connectivity index (χ0v) is 18.2. The maximum absolute atomic E-state index is 3.25. The molecule has 4 heteroatoms. The van der Waals surface area contributed by atoms with Crippen molar-refractivity contribution in [1.29, 1.82) is 0 Å².